The van der Waals surface area contributed by atoms with Gasteiger partial charge in [-0.2, -0.15) is 13.2 Å². The summed E-state index contributed by atoms with van der Waals surface area (Å²) in [5.74, 6) is 0.686. The number of nitrogens with zero attached hydrogens (tertiary/aromatic N) is 4. The van der Waals surface area contributed by atoms with E-state index in [2.05, 4.69) is 24.5 Å². The number of halogens is 4. The Morgan fingerprint density at radius 3 is 2.40 bits per heavy atom. The van der Waals surface area contributed by atoms with Crippen molar-refractivity contribution in [3.63, 3.8) is 0 Å². The predicted octanol–water partition coefficient (Wildman–Crippen LogP) is 2.64. The highest BCUT2D eigenvalue weighted by Crippen LogP contribution is 2.35. The molecule has 0 unspecified atom stereocenters. The number of nitrogens with one attached hydrogen (secondary N) is 1. The van der Waals surface area contributed by atoms with Crippen LogP contribution in [0.5, 0.6) is 0 Å². The van der Waals surface area contributed by atoms with Gasteiger partial charge in [0.15, 0.2) is 0 Å². The molecule has 1 saturated heterocycles. The van der Waals surface area contributed by atoms with E-state index in [-0.39, 0.29) is 6.54 Å². The van der Waals surface area contributed by atoms with Gasteiger partial charge in [0.2, 0.25) is 16.0 Å². The van der Waals surface area contributed by atoms with E-state index in [9.17, 15) is 21.6 Å². The standard InChI is InChI=1S/C18H21ClF3N5O2S/c19-16-4-3-14(13-15(16)18(20,21)22)30(28,29)25-7-2-8-26-9-11-27(12-10-26)17-23-5-1-6-24-17/h1,3-6,13,25H,2,7-12H2. The molecule has 30 heavy (non-hydrogen) atoms. The van der Waals surface area contributed by atoms with Gasteiger partial charge in [0.05, 0.1) is 15.5 Å². The Bertz CT molecular complexity index is 952. The molecule has 12 heteroatoms. The zero-order valence-electron chi connectivity index (χ0n) is 15.9. The lowest BCUT2D eigenvalue weighted by molar-refractivity contribution is -0.137. The van der Waals surface area contributed by atoms with Crippen molar-refractivity contribution in [3.8, 4) is 0 Å². The largest absolute Gasteiger partial charge is 0.417 e. The average molecular weight is 464 g/mol. The molecule has 0 spiro atoms. The fourth-order valence-corrected chi connectivity index (χ4v) is 4.43. The smallest absolute Gasteiger partial charge is 0.338 e. The van der Waals surface area contributed by atoms with Crippen molar-refractivity contribution in [2.75, 3.05) is 44.2 Å². The Morgan fingerprint density at radius 2 is 1.77 bits per heavy atom. The molecular formula is C18H21ClF3N5O2S. The zero-order chi connectivity index (χ0) is 21.8. The first-order valence-electron chi connectivity index (χ1n) is 9.27. The summed E-state index contributed by atoms with van der Waals surface area (Å²) in [5.41, 5.74) is -1.17. The van der Waals surface area contributed by atoms with Gasteiger partial charge in [-0.3, -0.25) is 4.90 Å². The van der Waals surface area contributed by atoms with Gasteiger partial charge in [-0.15, -0.1) is 0 Å². The molecule has 0 bridgehead atoms. The van der Waals surface area contributed by atoms with Gasteiger partial charge < -0.3 is 4.90 Å². The minimum absolute atomic E-state index is 0.119. The number of aromatic nitrogens is 2. The molecule has 2 heterocycles. The molecule has 1 N–H and O–H groups in total. The molecule has 7 nitrogen and oxygen atoms in total. The van der Waals surface area contributed by atoms with Crippen LogP contribution < -0.4 is 9.62 Å². The van der Waals surface area contributed by atoms with E-state index >= 15 is 0 Å². The summed E-state index contributed by atoms with van der Waals surface area (Å²) < 4.78 is 65.8. The van der Waals surface area contributed by atoms with Gasteiger partial charge in [-0.25, -0.2) is 23.1 Å². The Morgan fingerprint density at radius 1 is 1.10 bits per heavy atom. The lowest BCUT2D eigenvalue weighted by Gasteiger charge is -2.34. The molecule has 0 radical (unpaired) electrons. The second-order valence-corrected chi connectivity index (χ2v) is 8.94. The quantitative estimate of drug-likeness (QED) is 0.636. The van der Waals surface area contributed by atoms with Crippen molar-refractivity contribution in [1.82, 2.24) is 19.6 Å². The van der Waals surface area contributed by atoms with Crippen LogP contribution in [0.3, 0.4) is 0 Å². The number of hydrogen-bond acceptors (Lipinski definition) is 6. The molecule has 2 aromatic rings. The van der Waals surface area contributed by atoms with E-state index in [1.54, 1.807) is 18.5 Å². The molecule has 0 atom stereocenters. The van der Waals surface area contributed by atoms with Crippen LogP contribution in [-0.4, -0.2) is 62.6 Å². The molecule has 1 aliphatic rings. The van der Waals surface area contributed by atoms with Crippen molar-refractivity contribution in [1.29, 1.82) is 0 Å². The van der Waals surface area contributed by atoms with Crippen LogP contribution in [0.25, 0.3) is 0 Å². The third kappa shape index (κ3) is 5.81. The highest BCUT2D eigenvalue weighted by Gasteiger charge is 2.34. The van der Waals surface area contributed by atoms with Crippen LogP contribution in [0.15, 0.2) is 41.6 Å². The summed E-state index contributed by atoms with van der Waals surface area (Å²) in [4.78, 5) is 12.3. The number of benzene rings is 1. The summed E-state index contributed by atoms with van der Waals surface area (Å²) in [6, 6.07) is 4.31. The Labute approximate surface area is 177 Å². The Kier molecular flexibility index (Phi) is 7.17. The van der Waals surface area contributed by atoms with Crippen LogP contribution in [-0.2, 0) is 16.2 Å². The number of alkyl halides is 3. The van der Waals surface area contributed by atoms with E-state index in [1.807, 2.05) is 0 Å². The summed E-state index contributed by atoms with van der Waals surface area (Å²) in [5, 5.41) is -0.540. The second-order valence-electron chi connectivity index (χ2n) is 6.77. The first kappa shape index (κ1) is 22.7. The average Bonchev–Trinajstić information content (AvgIpc) is 2.72. The maximum atomic E-state index is 12.9. The molecule has 1 aromatic heterocycles. The van der Waals surface area contributed by atoms with E-state index in [0.29, 0.717) is 25.0 Å². The molecule has 0 amide bonds. The summed E-state index contributed by atoms with van der Waals surface area (Å²) in [6.45, 7) is 3.89. The topological polar surface area (TPSA) is 78.4 Å². The highest BCUT2D eigenvalue weighted by atomic mass is 35.5. The van der Waals surface area contributed by atoms with Crippen molar-refractivity contribution < 1.29 is 21.6 Å². The van der Waals surface area contributed by atoms with Gasteiger partial charge in [0.1, 0.15) is 0 Å². The predicted molar refractivity (Wildman–Crippen MR) is 107 cm³/mol. The van der Waals surface area contributed by atoms with Crippen LogP contribution >= 0.6 is 11.6 Å². The van der Waals surface area contributed by atoms with Crippen molar-refractivity contribution in [2.24, 2.45) is 0 Å². The minimum Gasteiger partial charge on any atom is -0.338 e. The lowest BCUT2D eigenvalue weighted by atomic mass is 10.2. The molecule has 1 aromatic carbocycles. The van der Waals surface area contributed by atoms with Crippen molar-refractivity contribution in [3.05, 3.63) is 47.2 Å². The summed E-state index contributed by atoms with van der Waals surface area (Å²) in [6.07, 6.45) is -0.811. The van der Waals surface area contributed by atoms with Crippen molar-refractivity contribution >= 4 is 27.6 Å². The number of anilines is 1. The fourth-order valence-electron chi connectivity index (χ4n) is 3.11. The Balaban J connectivity index is 1.46. The number of sulfonamides is 1. The fraction of sp³-hybridized carbons (Fsp3) is 0.444. The molecule has 164 valence electrons. The van der Waals surface area contributed by atoms with E-state index in [0.717, 1.165) is 38.3 Å². The Hall–Kier alpha value is -1.95. The third-order valence-corrected chi connectivity index (χ3v) is 6.49. The van der Waals surface area contributed by atoms with E-state index < -0.39 is 31.7 Å². The van der Waals surface area contributed by atoms with Crippen LogP contribution in [0.4, 0.5) is 19.1 Å². The SMILES string of the molecule is O=S(=O)(NCCCN1CCN(c2ncccn2)CC1)c1ccc(Cl)c(C(F)(F)F)c1. The van der Waals surface area contributed by atoms with Gasteiger partial charge in [-0.1, -0.05) is 11.6 Å². The van der Waals surface area contributed by atoms with Crippen LogP contribution in [0.1, 0.15) is 12.0 Å². The first-order valence-corrected chi connectivity index (χ1v) is 11.1. The van der Waals surface area contributed by atoms with Gasteiger partial charge in [-0.05, 0) is 37.2 Å². The molecular weight excluding hydrogens is 443 g/mol. The first-order chi connectivity index (χ1) is 14.2. The maximum Gasteiger partial charge on any atom is 0.417 e. The van der Waals surface area contributed by atoms with Gasteiger partial charge >= 0.3 is 6.18 Å². The van der Waals surface area contributed by atoms with Crippen molar-refractivity contribution in [2.45, 2.75) is 17.5 Å². The lowest BCUT2D eigenvalue weighted by Crippen LogP contribution is -2.47. The maximum absolute atomic E-state index is 12.9. The monoisotopic (exact) mass is 463 g/mol. The number of hydrogen-bond donors (Lipinski definition) is 1. The van der Waals surface area contributed by atoms with Gasteiger partial charge in [0.25, 0.3) is 0 Å². The van der Waals surface area contributed by atoms with Crippen LogP contribution in [0.2, 0.25) is 5.02 Å². The number of piperazine rings is 1. The number of rotatable bonds is 7. The van der Waals surface area contributed by atoms with E-state index in [1.165, 1.54) is 0 Å². The molecule has 0 aliphatic carbocycles. The van der Waals surface area contributed by atoms with Crippen LogP contribution in [0, 0.1) is 0 Å². The second kappa shape index (κ2) is 9.46. The highest BCUT2D eigenvalue weighted by molar-refractivity contribution is 7.89. The zero-order valence-corrected chi connectivity index (χ0v) is 17.5. The van der Waals surface area contributed by atoms with Gasteiger partial charge in [0, 0.05) is 45.1 Å². The molecule has 1 aliphatic heterocycles. The normalized spacial score (nSPS) is 16.1. The van der Waals surface area contributed by atoms with E-state index in [4.69, 9.17) is 11.6 Å². The molecule has 0 saturated carbocycles. The molecule has 3 rings (SSSR count). The minimum atomic E-state index is -4.73. The third-order valence-electron chi connectivity index (χ3n) is 4.70. The summed E-state index contributed by atoms with van der Waals surface area (Å²) in [7, 11) is -4.06. The summed E-state index contributed by atoms with van der Waals surface area (Å²) >= 11 is 5.54. The molecule has 1 fully saturated rings.